The summed E-state index contributed by atoms with van der Waals surface area (Å²) in [7, 11) is 0. The van der Waals surface area contributed by atoms with Crippen molar-refractivity contribution in [1.82, 2.24) is 0 Å². The van der Waals surface area contributed by atoms with Crippen molar-refractivity contribution >= 4 is 0 Å². The van der Waals surface area contributed by atoms with E-state index in [0.29, 0.717) is 17.3 Å². The average molecular weight is 331 g/mol. The molecule has 2 N–H and O–H groups in total. The molecule has 4 saturated carbocycles. The fraction of sp³-hybridized carbons (Fsp3) is 0.909. The van der Waals surface area contributed by atoms with Gasteiger partial charge in [-0.3, -0.25) is 0 Å². The molecule has 2 heteroatoms. The maximum absolute atomic E-state index is 11.0. The van der Waals surface area contributed by atoms with Gasteiger partial charge in [0.1, 0.15) is 5.60 Å². The lowest BCUT2D eigenvalue weighted by Gasteiger charge is -2.62. The molecule has 8 atom stereocenters. The van der Waals surface area contributed by atoms with Crippen LogP contribution in [0.4, 0.5) is 0 Å². The van der Waals surface area contributed by atoms with Crippen molar-refractivity contribution < 1.29 is 10.2 Å². The second kappa shape index (κ2) is 5.01. The van der Waals surface area contributed by atoms with E-state index in [4.69, 9.17) is 6.42 Å². The maximum atomic E-state index is 11.0. The quantitative estimate of drug-likeness (QED) is 0.655. The van der Waals surface area contributed by atoms with E-state index >= 15 is 0 Å². The molecular formula is C22H34O2. The summed E-state index contributed by atoms with van der Waals surface area (Å²) >= 11 is 0. The summed E-state index contributed by atoms with van der Waals surface area (Å²) in [6.45, 7) is 6.92. The summed E-state index contributed by atoms with van der Waals surface area (Å²) in [5.41, 5.74) is -0.915. The lowest BCUT2D eigenvalue weighted by atomic mass is 9.43. The lowest BCUT2D eigenvalue weighted by molar-refractivity contribution is -0.159. The minimum absolute atomic E-state index is 0.103. The van der Waals surface area contributed by atoms with E-state index in [1.165, 1.54) is 25.7 Å². The van der Waals surface area contributed by atoms with Gasteiger partial charge in [0.05, 0.1) is 5.60 Å². The monoisotopic (exact) mass is 330 g/mol. The molecule has 0 radical (unpaired) electrons. The molecule has 134 valence electrons. The largest absolute Gasteiger partial charge is 0.390 e. The van der Waals surface area contributed by atoms with Crippen molar-refractivity contribution in [3.05, 3.63) is 0 Å². The van der Waals surface area contributed by atoms with Crippen LogP contribution in [0.15, 0.2) is 0 Å². The molecule has 4 rings (SSSR count). The molecule has 0 amide bonds. The third-order valence-electron chi connectivity index (χ3n) is 9.56. The highest BCUT2D eigenvalue weighted by Crippen LogP contribution is 2.68. The first-order valence-corrected chi connectivity index (χ1v) is 10.1. The van der Waals surface area contributed by atoms with Crippen molar-refractivity contribution in [3.8, 4) is 12.3 Å². The van der Waals surface area contributed by atoms with Gasteiger partial charge in [0, 0.05) is 0 Å². The zero-order valence-electron chi connectivity index (χ0n) is 15.6. The van der Waals surface area contributed by atoms with Crippen molar-refractivity contribution in [1.29, 1.82) is 0 Å². The first-order valence-electron chi connectivity index (χ1n) is 10.1. The van der Waals surface area contributed by atoms with Gasteiger partial charge < -0.3 is 10.2 Å². The van der Waals surface area contributed by atoms with E-state index in [2.05, 4.69) is 26.7 Å². The van der Waals surface area contributed by atoms with E-state index in [-0.39, 0.29) is 5.41 Å². The average Bonchev–Trinajstić information content (AvgIpc) is 2.78. The molecule has 0 aliphatic heterocycles. The summed E-state index contributed by atoms with van der Waals surface area (Å²) in [5, 5.41) is 21.6. The molecular weight excluding hydrogens is 296 g/mol. The Kier molecular flexibility index (Phi) is 3.54. The van der Waals surface area contributed by atoms with Crippen molar-refractivity contribution in [3.63, 3.8) is 0 Å². The Hall–Kier alpha value is -0.520. The molecule has 4 aliphatic carbocycles. The highest BCUT2D eigenvalue weighted by atomic mass is 16.3. The standard InChI is InChI=1S/C22H34O2/c1-5-22(24)13-12-19(2)15(14-22)6-7-16-17(19)8-10-20(3)18(16)9-11-21(20,4)23/h1,15-18,23-24H,6-14H2,2-4H3/t15-,16-,17+,18+,19+,20+,21-,22-/m1/s1. The van der Waals surface area contributed by atoms with Crippen LogP contribution in [0.5, 0.6) is 0 Å². The van der Waals surface area contributed by atoms with Crippen LogP contribution < -0.4 is 0 Å². The number of hydrogen-bond donors (Lipinski definition) is 2. The third kappa shape index (κ3) is 2.04. The van der Waals surface area contributed by atoms with E-state index in [9.17, 15) is 10.2 Å². The van der Waals surface area contributed by atoms with Crippen LogP contribution in [-0.2, 0) is 0 Å². The summed E-state index contributed by atoms with van der Waals surface area (Å²) in [6, 6.07) is 0. The van der Waals surface area contributed by atoms with Crippen LogP contribution in [0, 0.1) is 46.8 Å². The third-order valence-corrected chi connectivity index (χ3v) is 9.56. The second-order valence-electron chi connectivity index (χ2n) is 10.3. The van der Waals surface area contributed by atoms with E-state index in [1.807, 2.05) is 0 Å². The topological polar surface area (TPSA) is 40.5 Å². The van der Waals surface area contributed by atoms with Gasteiger partial charge in [-0.2, -0.15) is 0 Å². The van der Waals surface area contributed by atoms with Gasteiger partial charge in [0.2, 0.25) is 0 Å². The van der Waals surface area contributed by atoms with Crippen molar-refractivity contribution in [2.75, 3.05) is 0 Å². The summed E-state index contributed by atoms with van der Waals surface area (Å²) in [6.07, 6.45) is 15.3. The van der Waals surface area contributed by atoms with Gasteiger partial charge in [-0.05, 0) is 99.2 Å². The highest BCUT2D eigenvalue weighted by molar-refractivity contribution is 5.17. The summed E-state index contributed by atoms with van der Waals surface area (Å²) < 4.78 is 0. The van der Waals surface area contributed by atoms with Gasteiger partial charge in [-0.25, -0.2) is 0 Å². The zero-order valence-corrected chi connectivity index (χ0v) is 15.6. The molecule has 4 fully saturated rings. The molecule has 0 aromatic rings. The minimum atomic E-state index is -0.864. The first-order chi connectivity index (χ1) is 11.2. The normalized spacial score (nSPS) is 59.8. The Morgan fingerprint density at radius 1 is 0.875 bits per heavy atom. The van der Waals surface area contributed by atoms with Gasteiger partial charge in [0.15, 0.2) is 0 Å². The van der Waals surface area contributed by atoms with Crippen LogP contribution in [0.3, 0.4) is 0 Å². The molecule has 0 aromatic heterocycles. The minimum Gasteiger partial charge on any atom is -0.390 e. The van der Waals surface area contributed by atoms with Crippen LogP contribution >= 0.6 is 0 Å². The van der Waals surface area contributed by atoms with Gasteiger partial charge in [-0.15, -0.1) is 6.42 Å². The summed E-state index contributed by atoms with van der Waals surface area (Å²) in [5.74, 6) is 5.44. The molecule has 0 bridgehead atoms. The highest BCUT2D eigenvalue weighted by Gasteiger charge is 2.63. The van der Waals surface area contributed by atoms with Crippen LogP contribution in [0.25, 0.3) is 0 Å². The SMILES string of the molecule is C#C[C@@]1(O)CC[C@@]2(C)[C@H](CC[C@@H]3[C@@H]2CC[C@@]2(C)[C@H]3CC[C@@]2(C)O)C1. The Bertz CT molecular complexity index is 575. The smallest absolute Gasteiger partial charge is 0.125 e. The van der Waals surface area contributed by atoms with E-state index in [0.717, 1.165) is 43.9 Å². The molecule has 0 heterocycles. The van der Waals surface area contributed by atoms with Gasteiger partial charge in [-0.1, -0.05) is 19.8 Å². The predicted molar refractivity (Wildman–Crippen MR) is 96.1 cm³/mol. The Balaban J connectivity index is 1.62. The first kappa shape index (κ1) is 16.9. The van der Waals surface area contributed by atoms with E-state index in [1.54, 1.807) is 0 Å². The van der Waals surface area contributed by atoms with Gasteiger partial charge >= 0.3 is 0 Å². The van der Waals surface area contributed by atoms with Crippen molar-refractivity contribution in [2.24, 2.45) is 34.5 Å². The fourth-order valence-electron chi connectivity index (χ4n) is 7.62. The molecule has 2 nitrogen and oxygen atoms in total. The van der Waals surface area contributed by atoms with Crippen LogP contribution in [-0.4, -0.2) is 21.4 Å². The van der Waals surface area contributed by atoms with Crippen LogP contribution in [0.2, 0.25) is 0 Å². The lowest BCUT2D eigenvalue weighted by Crippen LogP contribution is -2.57. The molecule has 0 spiro atoms. The summed E-state index contributed by atoms with van der Waals surface area (Å²) in [4.78, 5) is 0. The number of hydrogen-bond acceptors (Lipinski definition) is 2. The van der Waals surface area contributed by atoms with Gasteiger partial charge in [0.25, 0.3) is 0 Å². The Morgan fingerprint density at radius 2 is 1.58 bits per heavy atom. The second-order valence-corrected chi connectivity index (χ2v) is 10.3. The number of terminal acetylenes is 1. The van der Waals surface area contributed by atoms with E-state index < -0.39 is 11.2 Å². The van der Waals surface area contributed by atoms with Crippen LogP contribution in [0.1, 0.15) is 78.6 Å². The predicted octanol–water partition coefficient (Wildman–Crippen LogP) is 4.14. The number of aliphatic hydroxyl groups is 2. The number of fused-ring (bicyclic) bond motifs is 5. The molecule has 0 unspecified atom stereocenters. The molecule has 0 aromatic carbocycles. The molecule has 0 saturated heterocycles. The Morgan fingerprint density at radius 3 is 2.29 bits per heavy atom. The van der Waals surface area contributed by atoms with Crippen molar-refractivity contribution in [2.45, 2.75) is 89.8 Å². The molecule has 24 heavy (non-hydrogen) atoms. The maximum Gasteiger partial charge on any atom is 0.125 e. The number of rotatable bonds is 0. The fourth-order valence-corrected chi connectivity index (χ4v) is 7.62. The zero-order chi connectivity index (χ0) is 17.4. The molecule has 4 aliphatic rings. The Labute approximate surface area is 147 Å².